The molecule has 0 aliphatic heterocycles. The van der Waals surface area contributed by atoms with Gasteiger partial charge >= 0.3 is 0 Å². The lowest BCUT2D eigenvalue weighted by atomic mass is 9.82. The molecule has 0 radical (unpaired) electrons. The average molecular weight is 433 g/mol. The Balaban J connectivity index is 1.67. The molecule has 164 valence electrons. The Morgan fingerprint density at radius 2 is 1.64 bits per heavy atom. The van der Waals surface area contributed by atoms with Crippen molar-refractivity contribution in [3.05, 3.63) is 89.1 Å². The van der Waals surface area contributed by atoms with Crippen molar-refractivity contribution in [3.63, 3.8) is 0 Å². The van der Waals surface area contributed by atoms with Crippen molar-refractivity contribution in [2.75, 3.05) is 0 Å². The van der Waals surface area contributed by atoms with E-state index in [-0.39, 0.29) is 5.41 Å². The molecular formula is C31H30NO+. The first-order valence-corrected chi connectivity index (χ1v) is 11.9. The van der Waals surface area contributed by atoms with Gasteiger partial charge in [0.15, 0.2) is 6.20 Å². The molecule has 0 spiro atoms. The first kappa shape index (κ1) is 20.2. The van der Waals surface area contributed by atoms with Gasteiger partial charge in [-0.15, -0.1) is 0 Å². The molecule has 2 heteroatoms. The van der Waals surface area contributed by atoms with E-state index in [9.17, 15) is 0 Å². The number of hydrogen-bond donors (Lipinski definition) is 0. The summed E-state index contributed by atoms with van der Waals surface area (Å²) in [4.78, 5) is 0. The minimum atomic E-state index is -0.0319. The molecule has 33 heavy (non-hydrogen) atoms. The van der Waals surface area contributed by atoms with Crippen LogP contribution in [-0.4, -0.2) is 0 Å². The van der Waals surface area contributed by atoms with E-state index in [1.54, 1.807) is 0 Å². The Labute approximate surface area is 195 Å². The second-order valence-corrected chi connectivity index (χ2v) is 10.4. The van der Waals surface area contributed by atoms with Crippen LogP contribution in [0.2, 0.25) is 0 Å². The third kappa shape index (κ3) is 2.76. The van der Waals surface area contributed by atoms with Gasteiger partial charge in [0.1, 0.15) is 18.2 Å². The Morgan fingerprint density at radius 1 is 0.848 bits per heavy atom. The molecule has 0 N–H and O–H groups in total. The smallest absolute Gasteiger partial charge is 0.216 e. The van der Waals surface area contributed by atoms with Crippen LogP contribution in [-0.2, 0) is 12.5 Å². The van der Waals surface area contributed by atoms with Crippen LogP contribution in [0.4, 0.5) is 0 Å². The topological polar surface area (TPSA) is 17.0 Å². The van der Waals surface area contributed by atoms with E-state index in [2.05, 4.69) is 113 Å². The van der Waals surface area contributed by atoms with Crippen LogP contribution in [0.25, 0.3) is 44.3 Å². The van der Waals surface area contributed by atoms with Crippen LogP contribution in [0.15, 0.2) is 71.3 Å². The van der Waals surface area contributed by atoms with E-state index < -0.39 is 0 Å². The van der Waals surface area contributed by atoms with Gasteiger partial charge in [-0.1, -0.05) is 64.1 Å². The van der Waals surface area contributed by atoms with E-state index in [1.807, 2.05) is 0 Å². The molecule has 2 heterocycles. The number of aromatic nitrogens is 1. The highest BCUT2D eigenvalue weighted by Gasteiger charge is 2.36. The molecule has 0 saturated carbocycles. The third-order valence-electron chi connectivity index (χ3n) is 7.65. The lowest BCUT2D eigenvalue weighted by Crippen LogP contribution is -2.31. The minimum Gasteiger partial charge on any atom is -0.455 e. The van der Waals surface area contributed by atoms with Crippen LogP contribution in [0.3, 0.4) is 0 Å². The summed E-state index contributed by atoms with van der Waals surface area (Å²) in [6.07, 6.45) is 2.17. The first-order valence-electron chi connectivity index (χ1n) is 11.9. The van der Waals surface area contributed by atoms with E-state index in [4.69, 9.17) is 4.42 Å². The van der Waals surface area contributed by atoms with Crippen molar-refractivity contribution in [1.82, 2.24) is 0 Å². The first-order chi connectivity index (χ1) is 15.8. The number of fused-ring (bicyclic) bond motifs is 6. The zero-order chi connectivity index (χ0) is 23.1. The largest absolute Gasteiger partial charge is 0.455 e. The van der Waals surface area contributed by atoms with Crippen LogP contribution < -0.4 is 4.57 Å². The van der Waals surface area contributed by atoms with Crippen molar-refractivity contribution >= 4 is 21.9 Å². The van der Waals surface area contributed by atoms with Gasteiger partial charge in [0.25, 0.3) is 0 Å². The molecule has 2 nitrogen and oxygen atoms in total. The Morgan fingerprint density at radius 3 is 2.42 bits per heavy atom. The Hall–Kier alpha value is -3.39. The highest BCUT2D eigenvalue weighted by Crippen LogP contribution is 2.51. The Bertz CT molecular complexity index is 1580. The van der Waals surface area contributed by atoms with Gasteiger partial charge in [0, 0.05) is 28.3 Å². The zero-order valence-electron chi connectivity index (χ0n) is 20.3. The van der Waals surface area contributed by atoms with Gasteiger partial charge in [-0.2, -0.15) is 0 Å². The number of pyridine rings is 1. The van der Waals surface area contributed by atoms with Crippen molar-refractivity contribution < 1.29 is 8.98 Å². The molecular weight excluding hydrogens is 402 g/mol. The van der Waals surface area contributed by atoms with Gasteiger partial charge < -0.3 is 4.42 Å². The van der Waals surface area contributed by atoms with Crippen LogP contribution >= 0.6 is 0 Å². The molecule has 0 saturated heterocycles. The Kier molecular flexibility index (Phi) is 4.17. The number of aryl methyl sites for hydroxylation is 2. The maximum absolute atomic E-state index is 6.68. The lowest BCUT2D eigenvalue weighted by molar-refractivity contribution is -0.660. The second kappa shape index (κ2) is 6.81. The second-order valence-electron chi connectivity index (χ2n) is 10.4. The monoisotopic (exact) mass is 432 g/mol. The van der Waals surface area contributed by atoms with Gasteiger partial charge in [0.2, 0.25) is 5.69 Å². The van der Waals surface area contributed by atoms with Crippen molar-refractivity contribution in [3.8, 4) is 22.4 Å². The van der Waals surface area contributed by atoms with E-state index in [0.717, 1.165) is 11.2 Å². The maximum Gasteiger partial charge on any atom is 0.216 e. The molecule has 2 aromatic heterocycles. The molecule has 0 bridgehead atoms. The summed E-state index contributed by atoms with van der Waals surface area (Å²) in [7, 11) is 2.12. The van der Waals surface area contributed by atoms with Gasteiger partial charge in [-0.25, -0.2) is 4.57 Å². The highest BCUT2D eigenvalue weighted by molar-refractivity contribution is 6.11. The van der Waals surface area contributed by atoms with Crippen LogP contribution in [0.1, 0.15) is 55.9 Å². The number of rotatable bonds is 2. The van der Waals surface area contributed by atoms with Gasteiger partial charge in [-0.3, -0.25) is 0 Å². The molecule has 1 aliphatic carbocycles. The lowest BCUT2D eigenvalue weighted by Gasteiger charge is -2.21. The molecule has 1 aliphatic rings. The summed E-state index contributed by atoms with van der Waals surface area (Å²) in [5.41, 5.74) is 12.3. The third-order valence-corrected chi connectivity index (χ3v) is 7.65. The van der Waals surface area contributed by atoms with Crippen molar-refractivity contribution in [2.24, 2.45) is 7.05 Å². The fraction of sp³-hybridized carbons (Fsp3) is 0.258. The van der Waals surface area contributed by atoms with Gasteiger partial charge in [0.05, 0.1) is 5.56 Å². The summed E-state index contributed by atoms with van der Waals surface area (Å²) < 4.78 is 8.89. The molecule has 0 unspecified atom stereocenters. The molecule has 6 rings (SSSR count). The summed E-state index contributed by atoms with van der Waals surface area (Å²) in [5.74, 6) is 0.477. The molecule has 5 aromatic rings. The number of nitrogens with zero attached hydrogens (tertiary/aromatic N) is 1. The van der Waals surface area contributed by atoms with E-state index in [1.165, 1.54) is 55.4 Å². The van der Waals surface area contributed by atoms with Gasteiger partial charge in [-0.05, 0) is 58.4 Å². The normalized spacial score (nSPS) is 14.3. The maximum atomic E-state index is 6.68. The van der Waals surface area contributed by atoms with Crippen LogP contribution in [0.5, 0.6) is 0 Å². The van der Waals surface area contributed by atoms with E-state index in [0.29, 0.717) is 5.92 Å². The summed E-state index contributed by atoms with van der Waals surface area (Å²) in [6, 6.07) is 22.4. The number of hydrogen-bond acceptors (Lipinski definition) is 1. The quantitative estimate of drug-likeness (QED) is 0.260. The highest BCUT2D eigenvalue weighted by atomic mass is 16.3. The molecule has 0 fully saturated rings. The van der Waals surface area contributed by atoms with Crippen molar-refractivity contribution in [2.45, 2.75) is 46.0 Å². The summed E-state index contributed by atoms with van der Waals surface area (Å²) >= 11 is 0. The number of benzene rings is 3. The number of furan rings is 1. The fourth-order valence-corrected chi connectivity index (χ4v) is 5.64. The van der Waals surface area contributed by atoms with Crippen molar-refractivity contribution in [1.29, 1.82) is 0 Å². The predicted molar refractivity (Wildman–Crippen MR) is 137 cm³/mol. The summed E-state index contributed by atoms with van der Waals surface area (Å²) in [5, 5.41) is 2.38. The molecule has 0 amide bonds. The molecule has 0 atom stereocenters. The standard InChI is InChI=1S/C31H30NO/c1-18(2)20-13-14-32(6)27(15-20)29-19(3)11-12-22-24-16-23-21-9-7-8-10-25(21)31(4,5)26(23)17-28(24)33-30(22)29/h7-18H,1-6H3/q+1. The SMILES string of the molecule is Cc1ccc2c(oc3cc4c(cc32)-c2ccccc2C4(C)C)c1-c1cc(C(C)C)cc[n+]1C. The summed E-state index contributed by atoms with van der Waals surface area (Å²) in [6.45, 7) is 11.3. The predicted octanol–water partition coefficient (Wildman–Crippen LogP) is 7.82. The fourth-order valence-electron chi connectivity index (χ4n) is 5.64. The average Bonchev–Trinajstić information content (AvgIpc) is 3.26. The molecule has 3 aromatic carbocycles. The minimum absolute atomic E-state index is 0.0319. The zero-order valence-corrected chi connectivity index (χ0v) is 20.3. The van der Waals surface area contributed by atoms with Crippen LogP contribution in [0, 0.1) is 6.92 Å². The van der Waals surface area contributed by atoms with E-state index >= 15 is 0 Å².